The van der Waals surface area contributed by atoms with Crippen LogP contribution in [0.4, 0.5) is 0 Å². The van der Waals surface area contributed by atoms with Gasteiger partial charge in [0.25, 0.3) is 5.91 Å². The van der Waals surface area contributed by atoms with Crippen molar-refractivity contribution in [2.24, 2.45) is 5.73 Å². The summed E-state index contributed by atoms with van der Waals surface area (Å²) < 4.78 is 3.13. The molecular formula is C20H19N5O2. The summed E-state index contributed by atoms with van der Waals surface area (Å²) in [6.45, 7) is 3.98. The van der Waals surface area contributed by atoms with Crippen LogP contribution in [0.25, 0.3) is 17.0 Å². The molecule has 3 aromatic rings. The Labute approximate surface area is 156 Å². The summed E-state index contributed by atoms with van der Waals surface area (Å²) in [5, 5.41) is 14.6. The van der Waals surface area contributed by atoms with Crippen LogP contribution < -0.4 is 5.73 Å². The number of hydrogen-bond acceptors (Lipinski definition) is 4. The summed E-state index contributed by atoms with van der Waals surface area (Å²) in [4.78, 5) is 23.8. The lowest BCUT2D eigenvalue weighted by Gasteiger charge is -2.02. The number of amides is 1. The number of primary amides is 1. The zero-order valence-corrected chi connectivity index (χ0v) is 15.1. The number of fused-ring (bicyclic) bond motifs is 1. The molecule has 7 heteroatoms. The SMILES string of the molecule is Cc1cc(C)n(C(=O)/C(C#N)=C/c2cn(CCC(N)=O)c3ccccc23)n1. The minimum absolute atomic E-state index is 0.0148. The van der Waals surface area contributed by atoms with Gasteiger partial charge in [-0.3, -0.25) is 9.59 Å². The fourth-order valence-corrected chi connectivity index (χ4v) is 3.05. The summed E-state index contributed by atoms with van der Waals surface area (Å²) in [6.07, 6.45) is 3.58. The molecule has 0 radical (unpaired) electrons. The first-order valence-electron chi connectivity index (χ1n) is 8.46. The van der Waals surface area contributed by atoms with Crippen molar-refractivity contribution in [2.45, 2.75) is 26.8 Å². The number of nitriles is 1. The minimum atomic E-state index is -0.475. The highest BCUT2D eigenvalue weighted by Gasteiger charge is 2.17. The molecule has 0 unspecified atom stereocenters. The number of rotatable bonds is 5. The van der Waals surface area contributed by atoms with E-state index >= 15 is 0 Å². The van der Waals surface area contributed by atoms with E-state index in [0.29, 0.717) is 17.9 Å². The van der Waals surface area contributed by atoms with Gasteiger partial charge in [0.05, 0.1) is 5.69 Å². The fourth-order valence-electron chi connectivity index (χ4n) is 3.05. The van der Waals surface area contributed by atoms with Crippen LogP contribution in [0, 0.1) is 25.2 Å². The molecule has 2 N–H and O–H groups in total. The van der Waals surface area contributed by atoms with Crippen LogP contribution in [-0.2, 0) is 11.3 Å². The van der Waals surface area contributed by atoms with Gasteiger partial charge in [0, 0.05) is 41.3 Å². The molecule has 3 rings (SSSR count). The summed E-state index contributed by atoms with van der Waals surface area (Å²) in [6, 6.07) is 11.4. The monoisotopic (exact) mass is 361 g/mol. The fraction of sp³-hybridized carbons (Fsp3) is 0.200. The van der Waals surface area contributed by atoms with Gasteiger partial charge in [0.2, 0.25) is 5.91 Å². The molecule has 0 aliphatic heterocycles. The number of allylic oxidation sites excluding steroid dienone is 1. The normalized spacial score (nSPS) is 11.5. The van der Waals surface area contributed by atoms with Gasteiger partial charge in [-0.25, -0.2) is 4.68 Å². The van der Waals surface area contributed by atoms with Gasteiger partial charge in [-0.05, 0) is 32.1 Å². The summed E-state index contributed by atoms with van der Waals surface area (Å²) >= 11 is 0. The van der Waals surface area contributed by atoms with Crippen molar-refractivity contribution in [1.82, 2.24) is 14.3 Å². The van der Waals surface area contributed by atoms with E-state index < -0.39 is 5.91 Å². The molecule has 0 aliphatic rings. The number of benzene rings is 1. The largest absolute Gasteiger partial charge is 0.370 e. The lowest BCUT2D eigenvalue weighted by Crippen LogP contribution is -2.15. The summed E-state index contributed by atoms with van der Waals surface area (Å²) in [5.74, 6) is -0.862. The highest BCUT2D eigenvalue weighted by atomic mass is 16.2. The first kappa shape index (κ1) is 18.1. The molecule has 0 fully saturated rings. The Balaban J connectivity index is 2.05. The van der Waals surface area contributed by atoms with Crippen LogP contribution in [0.15, 0.2) is 42.1 Å². The zero-order chi connectivity index (χ0) is 19.6. The highest BCUT2D eigenvalue weighted by molar-refractivity contribution is 6.05. The van der Waals surface area contributed by atoms with E-state index in [9.17, 15) is 14.9 Å². The van der Waals surface area contributed by atoms with Gasteiger partial charge >= 0.3 is 0 Å². The van der Waals surface area contributed by atoms with E-state index in [1.807, 2.05) is 41.1 Å². The van der Waals surface area contributed by atoms with Crippen LogP contribution >= 0.6 is 0 Å². The topological polar surface area (TPSA) is 107 Å². The van der Waals surface area contributed by atoms with Gasteiger partial charge in [0.15, 0.2) is 0 Å². The first-order chi connectivity index (χ1) is 12.9. The Morgan fingerprint density at radius 1 is 1.30 bits per heavy atom. The van der Waals surface area contributed by atoms with E-state index in [-0.39, 0.29) is 17.9 Å². The number of hydrogen-bond donors (Lipinski definition) is 1. The molecule has 0 spiro atoms. The van der Waals surface area contributed by atoms with Crippen molar-refractivity contribution in [3.63, 3.8) is 0 Å². The van der Waals surface area contributed by atoms with Crippen LogP contribution in [0.5, 0.6) is 0 Å². The zero-order valence-electron chi connectivity index (χ0n) is 15.1. The van der Waals surface area contributed by atoms with Crippen molar-refractivity contribution in [3.8, 4) is 6.07 Å². The van der Waals surface area contributed by atoms with E-state index in [1.54, 1.807) is 26.0 Å². The van der Waals surface area contributed by atoms with Gasteiger partial charge in [0.1, 0.15) is 11.6 Å². The number of nitrogens with zero attached hydrogens (tertiary/aromatic N) is 4. The second kappa shape index (κ2) is 7.30. The quantitative estimate of drug-likeness (QED) is 0.557. The third-order valence-corrected chi connectivity index (χ3v) is 4.27. The first-order valence-corrected chi connectivity index (χ1v) is 8.46. The Kier molecular flexibility index (Phi) is 4.90. The standard InChI is InChI=1S/C20H19N5O2/c1-13-9-14(2)25(23-13)20(27)15(11-21)10-16-12-24(8-7-19(22)26)18-6-4-3-5-17(16)18/h3-6,9-10,12H,7-8H2,1-2H3,(H2,22,26)/b15-10+. The molecule has 1 aromatic carbocycles. The molecule has 27 heavy (non-hydrogen) atoms. The number of para-hydroxylation sites is 1. The predicted molar refractivity (Wildman–Crippen MR) is 102 cm³/mol. The van der Waals surface area contributed by atoms with E-state index in [1.165, 1.54) is 4.68 Å². The van der Waals surface area contributed by atoms with E-state index in [2.05, 4.69) is 5.10 Å². The van der Waals surface area contributed by atoms with Crippen molar-refractivity contribution in [1.29, 1.82) is 5.26 Å². The second-order valence-corrected chi connectivity index (χ2v) is 6.33. The number of aryl methyl sites for hydroxylation is 3. The van der Waals surface area contributed by atoms with Crippen molar-refractivity contribution in [3.05, 3.63) is 59.1 Å². The Morgan fingerprint density at radius 3 is 2.67 bits per heavy atom. The lowest BCUT2D eigenvalue weighted by molar-refractivity contribution is -0.118. The Hall–Kier alpha value is -3.66. The third kappa shape index (κ3) is 3.65. The van der Waals surface area contributed by atoms with E-state index in [0.717, 1.165) is 16.5 Å². The molecule has 0 bridgehead atoms. The molecule has 0 saturated heterocycles. The maximum absolute atomic E-state index is 12.7. The van der Waals surface area contributed by atoms with E-state index in [4.69, 9.17) is 5.73 Å². The second-order valence-electron chi connectivity index (χ2n) is 6.33. The van der Waals surface area contributed by atoms with Crippen LogP contribution in [0.3, 0.4) is 0 Å². The molecule has 136 valence electrons. The highest BCUT2D eigenvalue weighted by Crippen LogP contribution is 2.24. The molecule has 0 aliphatic carbocycles. The molecule has 0 atom stereocenters. The lowest BCUT2D eigenvalue weighted by atomic mass is 10.1. The molecular weight excluding hydrogens is 342 g/mol. The maximum Gasteiger partial charge on any atom is 0.289 e. The Morgan fingerprint density at radius 2 is 2.04 bits per heavy atom. The molecule has 0 saturated carbocycles. The van der Waals surface area contributed by atoms with Crippen molar-refractivity contribution < 1.29 is 9.59 Å². The van der Waals surface area contributed by atoms with Crippen LogP contribution in [0.1, 0.15) is 28.2 Å². The van der Waals surface area contributed by atoms with Gasteiger partial charge in [-0.2, -0.15) is 10.4 Å². The smallest absolute Gasteiger partial charge is 0.289 e. The van der Waals surface area contributed by atoms with Gasteiger partial charge in [-0.15, -0.1) is 0 Å². The van der Waals surface area contributed by atoms with Crippen LogP contribution in [0.2, 0.25) is 0 Å². The average molecular weight is 361 g/mol. The number of nitrogens with two attached hydrogens (primary N) is 1. The van der Waals surface area contributed by atoms with Gasteiger partial charge in [-0.1, -0.05) is 18.2 Å². The minimum Gasteiger partial charge on any atom is -0.370 e. The number of carbonyl (C=O) groups excluding carboxylic acids is 2. The number of carbonyl (C=O) groups is 2. The Bertz CT molecular complexity index is 1110. The maximum atomic E-state index is 12.7. The van der Waals surface area contributed by atoms with Crippen molar-refractivity contribution in [2.75, 3.05) is 0 Å². The molecule has 2 heterocycles. The molecule has 7 nitrogen and oxygen atoms in total. The average Bonchev–Trinajstić information content (AvgIpc) is 3.16. The summed E-state index contributed by atoms with van der Waals surface area (Å²) in [5.41, 5.74) is 8.24. The molecule has 2 aromatic heterocycles. The van der Waals surface area contributed by atoms with Gasteiger partial charge < -0.3 is 10.3 Å². The molecule has 1 amide bonds. The van der Waals surface area contributed by atoms with Crippen molar-refractivity contribution >= 4 is 28.8 Å². The number of aromatic nitrogens is 3. The third-order valence-electron chi connectivity index (χ3n) is 4.27. The summed E-state index contributed by atoms with van der Waals surface area (Å²) in [7, 11) is 0. The van der Waals surface area contributed by atoms with Crippen LogP contribution in [-0.4, -0.2) is 26.2 Å². The predicted octanol–water partition coefficient (Wildman–Crippen LogP) is 2.58.